The van der Waals surface area contributed by atoms with Crippen molar-refractivity contribution in [1.82, 2.24) is 20.0 Å². The molecule has 2 atom stereocenters. The summed E-state index contributed by atoms with van der Waals surface area (Å²) in [4.78, 5) is 14.1. The topological polar surface area (TPSA) is 59.4 Å². The number of urea groups is 1. The number of aryl methyl sites for hydroxylation is 1. The molecule has 0 saturated carbocycles. The number of nitrogens with zero attached hydrogens (tertiary/aromatic N) is 3. The zero-order valence-corrected chi connectivity index (χ0v) is 13.2. The van der Waals surface area contributed by atoms with Crippen LogP contribution >= 0.6 is 0 Å². The lowest BCUT2D eigenvalue weighted by Crippen LogP contribution is -2.43. The van der Waals surface area contributed by atoms with Crippen LogP contribution in [0.1, 0.15) is 25.3 Å². The Labute approximate surface area is 126 Å². The van der Waals surface area contributed by atoms with Crippen LogP contribution in [0.3, 0.4) is 0 Å². The van der Waals surface area contributed by atoms with Gasteiger partial charge < -0.3 is 15.0 Å². The molecule has 0 aromatic carbocycles. The summed E-state index contributed by atoms with van der Waals surface area (Å²) in [6.07, 6.45) is 6.87. The van der Waals surface area contributed by atoms with Crippen LogP contribution < -0.4 is 5.32 Å². The summed E-state index contributed by atoms with van der Waals surface area (Å²) in [5.74, 6) is 0.536. The van der Waals surface area contributed by atoms with Gasteiger partial charge in [0.05, 0.1) is 6.20 Å². The lowest BCUT2D eigenvalue weighted by atomic mass is 10.0. The molecule has 2 unspecified atom stereocenters. The van der Waals surface area contributed by atoms with E-state index in [4.69, 9.17) is 4.74 Å². The normalized spacial score (nSPS) is 19.8. The zero-order valence-electron chi connectivity index (χ0n) is 13.2. The third-order valence-electron chi connectivity index (χ3n) is 3.98. The number of likely N-dealkylation sites (tertiary alicyclic amines) is 1. The molecule has 1 aliphatic rings. The summed E-state index contributed by atoms with van der Waals surface area (Å²) in [5.41, 5.74) is 1.25. The highest BCUT2D eigenvalue weighted by atomic mass is 16.5. The second-order valence-electron chi connectivity index (χ2n) is 5.96. The van der Waals surface area contributed by atoms with Gasteiger partial charge in [-0.1, -0.05) is 0 Å². The molecule has 0 spiro atoms. The highest BCUT2D eigenvalue weighted by Gasteiger charge is 2.27. The molecular weight excluding hydrogens is 268 g/mol. The van der Waals surface area contributed by atoms with E-state index in [0.717, 1.165) is 32.4 Å². The Hall–Kier alpha value is -1.56. The maximum atomic E-state index is 12.2. The van der Waals surface area contributed by atoms with E-state index >= 15 is 0 Å². The zero-order chi connectivity index (χ0) is 15.2. The smallest absolute Gasteiger partial charge is 0.317 e. The van der Waals surface area contributed by atoms with Crippen molar-refractivity contribution in [2.45, 2.75) is 32.2 Å². The average molecular weight is 294 g/mol. The number of methoxy groups -OCH3 is 1. The van der Waals surface area contributed by atoms with E-state index in [2.05, 4.69) is 16.6 Å². The molecule has 118 valence electrons. The van der Waals surface area contributed by atoms with Gasteiger partial charge in [-0.25, -0.2) is 4.79 Å². The van der Waals surface area contributed by atoms with Gasteiger partial charge in [0.25, 0.3) is 0 Å². The predicted molar refractivity (Wildman–Crippen MR) is 81.1 cm³/mol. The Kier molecular flexibility index (Phi) is 5.61. The highest BCUT2D eigenvalue weighted by molar-refractivity contribution is 5.74. The number of carbonyl (C=O) groups excluding carboxylic acids is 1. The van der Waals surface area contributed by atoms with Gasteiger partial charge in [0.15, 0.2) is 0 Å². The summed E-state index contributed by atoms with van der Waals surface area (Å²) in [6.45, 7) is 4.36. The Morgan fingerprint density at radius 2 is 2.43 bits per heavy atom. The van der Waals surface area contributed by atoms with Crippen molar-refractivity contribution in [3.05, 3.63) is 18.0 Å². The monoisotopic (exact) mass is 294 g/mol. The van der Waals surface area contributed by atoms with Crippen LogP contribution in [0.4, 0.5) is 4.79 Å². The van der Waals surface area contributed by atoms with Gasteiger partial charge in [0.1, 0.15) is 0 Å². The summed E-state index contributed by atoms with van der Waals surface area (Å²) in [5, 5.41) is 7.23. The van der Waals surface area contributed by atoms with Crippen LogP contribution in [-0.4, -0.2) is 53.6 Å². The van der Waals surface area contributed by atoms with E-state index in [0.29, 0.717) is 12.5 Å². The number of amides is 2. The third kappa shape index (κ3) is 4.74. The second kappa shape index (κ2) is 7.45. The van der Waals surface area contributed by atoms with E-state index in [-0.39, 0.29) is 12.1 Å². The highest BCUT2D eigenvalue weighted by Crippen LogP contribution is 2.20. The van der Waals surface area contributed by atoms with E-state index in [1.807, 2.05) is 29.7 Å². The van der Waals surface area contributed by atoms with E-state index in [9.17, 15) is 4.79 Å². The number of carbonyl (C=O) groups is 1. The molecule has 6 heteroatoms. The Morgan fingerprint density at radius 3 is 3.10 bits per heavy atom. The Bertz CT molecular complexity index is 460. The van der Waals surface area contributed by atoms with Crippen molar-refractivity contribution in [1.29, 1.82) is 0 Å². The first-order valence-corrected chi connectivity index (χ1v) is 7.60. The van der Waals surface area contributed by atoms with Crippen LogP contribution in [0, 0.1) is 5.92 Å². The molecule has 6 nitrogen and oxygen atoms in total. The maximum absolute atomic E-state index is 12.2. The molecule has 0 radical (unpaired) electrons. The second-order valence-corrected chi connectivity index (χ2v) is 5.96. The minimum Gasteiger partial charge on any atom is -0.385 e. The van der Waals surface area contributed by atoms with E-state index in [1.54, 1.807) is 7.11 Å². The molecule has 1 fully saturated rings. The van der Waals surface area contributed by atoms with Gasteiger partial charge >= 0.3 is 6.03 Å². The van der Waals surface area contributed by atoms with Crippen LogP contribution in [0.2, 0.25) is 0 Å². The number of hydrogen-bond acceptors (Lipinski definition) is 3. The van der Waals surface area contributed by atoms with Crippen molar-refractivity contribution in [3.63, 3.8) is 0 Å². The molecule has 1 aromatic heterocycles. The number of nitrogens with one attached hydrogen (secondary N) is 1. The summed E-state index contributed by atoms with van der Waals surface area (Å²) < 4.78 is 6.86. The maximum Gasteiger partial charge on any atom is 0.317 e. The molecule has 1 N–H and O–H groups in total. The molecule has 21 heavy (non-hydrogen) atoms. The molecule has 1 aromatic rings. The number of rotatable bonds is 6. The fraction of sp³-hybridized carbons (Fsp3) is 0.733. The average Bonchev–Trinajstić information content (AvgIpc) is 3.06. The van der Waals surface area contributed by atoms with Crippen LogP contribution in [-0.2, 0) is 18.2 Å². The van der Waals surface area contributed by atoms with Crippen LogP contribution in [0.25, 0.3) is 0 Å². The van der Waals surface area contributed by atoms with Crippen molar-refractivity contribution in [3.8, 4) is 0 Å². The van der Waals surface area contributed by atoms with E-state index in [1.165, 1.54) is 5.56 Å². The van der Waals surface area contributed by atoms with Gasteiger partial charge in [-0.2, -0.15) is 5.10 Å². The SMILES string of the molecule is COCCC(C)NC(=O)N1CCC(Cc2cnn(C)c2)C1. The minimum atomic E-state index is 0.0484. The molecule has 0 bridgehead atoms. The third-order valence-corrected chi connectivity index (χ3v) is 3.98. The van der Waals surface area contributed by atoms with Gasteiger partial charge in [-0.3, -0.25) is 4.68 Å². The molecule has 1 aliphatic heterocycles. The minimum absolute atomic E-state index is 0.0484. The molecule has 0 aliphatic carbocycles. The molecule has 2 rings (SSSR count). The first-order chi connectivity index (χ1) is 10.1. The van der Waals surface area contributed by atoms with Crippen LogP contribution in [0.5, 0.6) is 0 Å². The standard InChI is InChI=1S/C15H26N4O2/c1-12(5-7-21-3)17-15(20)19-6-4-13(11-19)8-14-9-16-18(2)10-14/h9-10,12-13H,4-8,11H2,1-3H3,(H,17,20). The Balaban J connectivity index is 1.75. The first-order valence-electron chi connectivity index (χ1n) is 7.60. The van der Waals surface area contributed by atoms with Crippen molar-refractivity contribution < 1.29 is 9.53 Å². The molecule has 1 saturated heterocycles. The summed E-state index contributed by atoms with van der Waals surface area (Å²) in [7, 11) is 3.61. The fourth-order valence-corrected chi connectivity index (χ4v) is 2.76. The van der Waals surface area contributed by atoms with Gasteiger partial charge in [-0.15, -0.1) is 0 Å². The van der Waals surface area contributed by atoms with Gasteiger partial charge in [0, 0.05) is 46.1 Å². The molecule has 2 heterocycles. The van der Waals surface area contributed by atoms with Crippen molar-refractivity contribution in [2.24, 2.45) is 13.0 Å². The fourth-order valence-electron chi connectivity index (χ4n) is 2.76. The largest absolute Gasteiger partial charge is 0.385 e. The van der Waals surface area contributed by atoms with Gasteiger partial charge in [-0.05, 0) is 37.7 Å². The molecular formula is C15H26N4O2. The summed E-state index contributed by atoms with van der Waals surface area (Å²) >= 11 is 0. The van der Waals surface area contributed by atoms with Crippen molar-refractivity contribution in [2.75, 3.05) is 26.8 Å². The quantitative estimate of drug-likeness (QED) is 0.863. The lowest BCUT2D eigenvalue weighted by molar-refractivity contribution is 0.177. The number of aromatic nitrogens is 2. The summed E-state index contributed by atoms with van der Waals surface area (Å²) in [6, 6.07) is 0.196. The number of hydrogen-bond donors (Lipinski definition) is 1. The predicted octanol–water partition coefficient (Wildman–Crippen LogP) is 1.42. The van der Waals surface area contributed by atoms with Crippen molar-refractivity contribution >= 4 is 6.03 Å². The van der Waals surface area contributed by atoms with Crippen LogP contribution in [0.15, 0.2) is 12.4 Å². The van der Waals surface area contributed by atoms with Gasteiger partial charge in [0.2, 0.25) is 0 Å². The lowest BCUT2D eigenvalue weighted by Gasteiger charge is -2.21. The molecule has 2 amide bonds. The first kappa shape index (κ1) is 15.8. The van der Waals surface area contributed by atoms with E-state index < -0.39 is 0 Å². The number of ether oxygens (including phenoxy) is 1. The Morgan fingerprint density at radius 1 is 1.62 bits per heavy atom.